The molecule has 1 aliphatic heterocycles. The minimum atomic E-state index is -0.120. The Bertz CT molecular complexity index is 746. The number of H-pyrrole nitrogens is 1. The number of carbonyl (C=O) groups is 1. The van der Waals surface area contributed by atoms with Gasteiger partial charge in [-0.05, 0) is 38.4 Å². The van der Waals surface area contributed by atoms with Crippen LogP contribution in [0.3, 0.4) is 0 Å². The molecule has 1 amide bonds. The largest absolute Gasteiger partial charge is 0.357 e. The van der Waals surface area contributed by atoms with Gasteiger partial charge in [-0.2, -0.15) is 0 Å². The summed E-state index contributed by atoms with van der Waals surface area (Å²) >= 11 is 0. The number of fused-ring (bicyclic) bond motifs is 1. The highest BCUT2D eigenvalue weighted by molar-refractivity contribution is 6.05. The molecule has 2 aromatic heterocycles. The first-order chi connectivity index (χ1) is 10.6. The molecule has 3 heterocycles. The lowest BCUT2D eigenvalue weighted by Crippen LogP contribution is -2.39. The van der Waals surface area contributed by atoms with Crippen molar-refractivity contribution in [2.45, 2.75) is 12.8 Å². The van der Waals surface area contributed by atoms with Gasteiger partial charge in [0, 0.05) is 37.9 Å². The highest BCUT2D eigenvalue weighted by Crippen LogP contribution is 2.16. The van der Waals surface area contributed by atoms with Crippen molar-refractivity contribution in [1.29, 1.82) is 0 Å². The van der Waals surface area contributed by atoms with Crippen LogP contribution in [-0.2, 0) is 7.05 Å². The predicted molar refractivity (Wildman–Crippen MR) is 86.1 cm³/mol. The third-order valence-corrected chi connectivity index (χ3v) is 4.41. The summed E-state index contributed by atoms with van der Waals surface area (Å²) in [6.07, 6.45) is 5.64. The number of rotatable bonds is 3. The second-order valence-electron chi connectivity index (χ2n) is 6.21. The highest BCUT2D eigenvalue weighted by Gasteiger charge is 2.19. The van der Waals surface area contributed by atoms with Crippen molar-refractivity contribution in [3.05, 3.63) is 34.4 Å². The zero-order chi connectivity index (χ0) is 15.7. The minimum Gasteiger partial charge on any atom is -0.357 e. The van der Waals surface area contributed by atoms with E-state index in [9.17, 15) is 9.59 Å². The van der Waals surface area contributed by atoms with Crippen molar-refractivity contribution in [3.8, 4) is 0 Å². The Morgan fingerprint density at radius 2 is 2.27 bits per heavy atom. The van der Waals surface area contributed by atoms with Crippen molar-refractivity contribution in [3.63, 3.8) is 0 Å². The second kappa shape index (κ2) is 5.96. The van der Waals surface area contributed by atoms with Crippen LogP contribution in [0.1, 0.15) is 23.2 Å². The molecule has 1 fully saturated rings. The van der Waals surface area contributed by atoms with Crippen LogP contribution >= 0.6 is 0 Å². The Hall–Kier alpha value is -2.08. The number of aryl methyl sites for hydroxylation is 1. The quantitative estimate of drug-likeness (QED) is 0.886. The molecule has 2 N–H and O–H groups in total. The van der Waals surface area contributed by atoms with Gasteiger partial charge >= 0.3 is 0 Å². The molecule has 22 heavy (non-hydrogen) atoms. The SMILES string of the molecule is CN1CCCC(CNC(=O)c2cn(C)c(=O)c3[nH]ccc23)C1. The van der Waals surface area contributed by atoms with E-state index in [0.717, 1.165) is 19.5 Å². The number of nitrogens with one attached hydrogen (secondary N) is 2. The van der Waals surface area contributed by atoms with Gasteiger partial charge in [0.15, 0.2) is 0 Å². The average Bonchev–Trinajstić information content (AvgIpc) is 2.98. The number of amides is 1. The van der Waals surface area contributed by atoms with Gasteiger partial charge in [-0.3, -0.25) is 9.59 Å². The molecular weight excluding hydrogens is 280 g/mol. The van der Waals surface area contributed by atoms with E-state index < -0.39 is 0 Å². The predicted octanol–water partition coefficient (Wildman–Crippen LogP) is 0.938. The smallest absolute Gasteiger partial charge is 0.274 e. The van der Waals surface area contributed by atoms with Crippen LogP contribution in [0.4, 0.5) is 0 Å². The molecule has 0 aromatic carbocycles. The van der Waals surface area contributed by atoms with Crippen molar-refractivity contribution in [2.75, 3.05) is 26.7 Å². The lowest BCUT2D eigenvalue weighted by Gasteiger charge is -2.29. The van der Waals surface area contributed by atoms with E-state index in [1.54, 1.807) is 25.5 Å². The fraction of sp³-hybridized carbons (Fsp3) is 0.500. The van der Waals surface area contributed by atoms with Gasteiger partial charge in [-0.25, -0.2) is 0 Å². The molecule has 0 radical (unpaired) electrons. The number of likely N-dealkylation sites (tertiary alicyclic amines) is 1. The molecule has 1 unspecified atom stereocenters. The first-order valence-corrected chi connectivity index (χ1v) is 7.69. The summed E-state index contributed by atoms with van der Waals surface area (Å²) in [6, 6.07) is 1.78. The van der Waals surface area contributed by atoms with Gasteiger partial charge in [0.05, 0.1) is 5.56 Å². The van der Waals surface area contributed by atoms with Gasteiger partial charge in [0.1, 0.15) is 5.52 Å². The maximum atomic E-state index is 12.5. The number of aromatic nitrogens is 2. The van der Waals surface area contributed by atoms with Crippen molar-refractivity contribution in [1.82, 2.24) is 19.8 Å². The van der Waals surface area contributed by atoms with Crippen molar-refractivity contribution >= 4 is 16.8 Å². The second-order valence-corrected chi connectivity index (χ2v) is 6.21. The molecule has 6 nitrogen and oxygen atoms in total. The number of hydrogen-bond donors (Lipinski definition) is 2. The topological polar surface area (TPSA) is 70.1 Å². The zero-order valence-corrected chi connectivity index (χ0v) is 13.1. The molecular formula is C16H22N4O2. The third-order valence-electron chi connectivity index (χ3n) is 4.41. The van der Waals surface area contributed by atoms with Crippen LogP contribution in [0.15, 0.2) is 23.3 Å². The minimum absolute atomic E-state index is 0.117. The Balaban J connectivity index is 1.76. The molecule has 0 aliphatic carbocycles. The molecule has 6 heteroatoms. The van der Waals surface area contributed by atoms with E-state index in [0.29, 0.717) is 28.9 Å². The van der Waals surface area contributed by atoms with Crippen molar-refractivity contribution in [2.24, 2.45) is 13.0 Å². The lowest BCUT2D eigenvalue weighted by molar-refractivity contribution is 0.0938. The Morgan fingerprint density at radius 1 is 1.45 bits per heavy atom. The molecule has 118 valence electrons. The Labute approximate surface area is 129 Å². The van der Waals surface area contributed by atoms with Crippen LogP contribution in [0.2, 0.25) is 0 Å². The first-order valence-electron chi connectivity index (χ1n) is 7.69. The lowest BCUT2D eigenvalue weighted by atomic mass is 9.98. The molecule has 0 saturated carbocycles. The number of aromatic amines is 1. The summed E-state index contributed by atoms with van der Waals surface area (Å²) in [6.45, 7) is 2.83. The van der Waals surface area contributed by atoms with E-state index in [2.05, 4.69) is 22.2 Å². The molecule has 0 bridgehead atoms. The Kier molecular flexibility index (Phi) is 4.02. The van der Waals surface area contributed by atoms with Crippen molar-refractivity contribution < 1.29 is 4.79 Å². The van der Waals surface area contributed by atoms with Crippen LogP contribution in [0.5, 0.6) is 0 Å². The zero-order valence-electron chi connectivity index (χ0n) is 13.1. The summed E-state index contributed by atoms with van der Waals surface area (Å²) in [5, 5.41) is 3.70. The van der Waals surface area contributed by atoms with E-state index in [-0.39, 0.29) is 11.5 Å². The van der Waals surface area contributed by atoms with E-state index in [4.69, 9.17) is 0 Å². The van der Waals surface area contributed by atoms with E-state index in [1.165, 1.54) is 11.0 Å². The summed E-state index contributed by atoms with van der Waals surface area (Å²) in [5.41, 5.74) is 0.903. The first kappa shape index (κ1) is 14.8. The van der Waals surface area contributed by atoms with Gasteiger partial charge in [-0.1, -0.05) is 0 Å². The molecule has 2 aromatic rings. The van der Waals surface area contributed by atoms with E-state index >= 15 is 0 Å². The summed E-state index contributed by atoms with van der Waals surface area (Å²) in [4.78, 5) is 29.7. The molecule has 3 rings (SSSR count). The third kappa shape index (κ3) is 2.78. The molecule has 1 aliphatic rings. The maximum absolute atomic E-state index is 12.5. The van der Waals surface area contributed by atoms with Gasteiger partial charge in [0.25, 0.3) is 11.5 Å². The van der Waals surface area contributed by atoms with Gasteiger partial charge < -0.3 is 19.8 Å². The summed E-state index contributed by atoms with van der Waals surface area (Å²) in [7, 11) is 3.78. The van der Waals surface area contributed by atoms with E-state index in [1.807, 2.05) is 0 Å². The normalized spacial score (nSPS) is 19.5. The standard InChI is InChI=1S/C16H22N4O2/c1-19-7-3-4-11(9-19)8-18-15(21)13-10-20(2)16(22)14-12(13)5-6-17-14/h5-6,10-11,17H,3-4,7-9H2,1-2H3,(H,18,21). The highest BCUT2D eigenvalue weighted by atomic mass is 16.2. The fourth-order valence-corrected chi connectivity index (χ4v) is 3.22. The van der Waals surface area contributed by atoms with Crippen LogP contribution in [-0.4, -0.2) is 47.0 Å². The number of nitrogens with zero attached hydrogens (tertiary/aromatic N) is 2. The molecule has 1 saturated heterocycles. The number of pyridine rings is 1. The Morgan fingerprint density at radius 3 is 3.05 bits per heavy atom. The van der Waals surface area contributed by atoms with Crippen LogP contribution in [0.25, 0.3) is 10.9 Å². The fourth-order valence-electron chi connectivity index (χ4n) is 3.22. The molecule has 1 atom stereocenters. The summed E-state index contributed by atoms with van der Waals surface area (Å²) in [5.74, 6) is 0.380. The molecule has 0 spiro atoms. The van der Waals surface area contributed by atoms with Gasteiger partial charge in [0.2, 0.25) is 0 Å². The number of hydrogen-bond acceptors (Lipinski definition) is 3. The monoisotopic (exact) mass is 302 g/mol. The number of carbonyl (C=O) groups excluding carboxylic acids is 1. The number of piperidine rings is 1. The van der Waals surface area contributed by atoms with Crippen LogP contribution < -0.4 is 10.9 Å². The summed E-state index contributed by atoms with van der Waals surface area (Å²) < 4.78 is 1.45. The van der Waals surface area contributed by atoms with Gasteiger partial charge in [-0.15, -0.1) is 0 Å². The maximum Gasteiger partial charge on any atom is 0.274 e. The van der Waals surface area contributed by atoms with Crippen LogP contribution in [0, 0.1) is 5.92 Å². The average molecular weight is 302 g/mol.